The summed E-state index contributed by atoms with van der Waals surface area (Å²) in [5.41, 5.74) is 2.55. The molecule has 2 aliphatic carbocycles. The Hall–Kier alpha value is -2.86. The minimum atomic E-state index is 0.0626. The number of likely N-dealkylation sites (tertiary alicyclic amines) is 1. The number of benzene rings is 2. The van der Waals surface area contributed by atoms with Crippen LogP contribution in [0.4, 0.5) is 4.79 Å². The molecule has 0 bridgehead atoms. The van der Waals surface area contributed by atoms with E-state index in [1.54, 1.807) is 0 Å². The normalized spacial score (nSPS) is 23.9. The van der Waals surface area contributed by atoms with Gasteiger partial charge in [-0.1, -0.05) is 86.8 Å². The molecule has 6 nitrogen and oxygen atoms in total. The Morgan fingerprint density at radius 3 is 2.19 bits per heavy atom. The molecule has 1 unspecified atom stereocenters. The molecule has 6 heteroatoms. The van der Waals surface area contributed by atoms with Gasteiger partial charge in [0.2, 0.25) is 5.91 Å². The maximum atomic E-state index is 13.4. The lowest BCUT2D eigenvalue weighted by molar-refractivity contribution is -0.137. The summed E-state index contributed by atoms with van der Waals surface area (Å²) in [6.45, 7) is 6.64. The van der Waals surface area contributed by atoms with Crippen molar-refractivity contribution in [2.75, 3.05) is 33.2 Å². The van der Waals surface area contributed by atoms with Crippen LogP contribution in [-0.2, 0) is 11.3 Å². The third-order valence-corrected chi connectivity index (χ3v) is 10.2. The average Bonchev–Trinajstić information content (AvgIpc) is 3.47. The molecule has 5 rings (SSSR count). The van der Waals surface area contributed by atoms with Crippen LogP contribution in [0.25, 0.3) is 0 Å². The average molecular weight is 573 g/mol. The number of nitrogens with zero attached hydrogens (tertiary/aromatic N) is 3. The van der Waals surface area contributed by atoms with Crippen LogP contribution in [0.2, 0.25) is 0 Å². The van der Waals surface area contributed by atoms with Crippen molar-refractivity contribution in [3.05, 3.63) is 71.8 Å². The molecule has 3 atom stereocenters. The van der Waals surface area contributed by atoms with Crippen molar-refractivity contribution in [3.63, 3.8) is 0 Å². The van der Waals surface area contributed by atoms with Crippen LogP contribution >= 0.6 is 0 Å². The Kier molecular flexibility index (Phi) is 11.0. The molecule has 1 heterocycles. The highest BCUT2D eigenvalue weighted by atomic mass is 16.2. The van der Waals surface area contributed by atoms with Crippen LogP contribution in [0.3, 0.4) is 0 Å². The molecule has 3 amide bonds. The number of hydrogen-bond donors (Lipinski definition) is 1. The highest BCUT2D eigenvalue weighted by Gasteiger charge is 2.40. The first-order chi connectivity index (χ1) is 20.5. The van der Waals surface area contributed by atoms with Gasteiger partial charge in [-0.25, -0.2) is 4.79 Å². The van der Waals surface area contributed by atoms with E-state index < -0.39 is 0 Å². The van der Waals surface area contributed by atoms with E-state index in [0.717, 1.165) is 76.7 Å². The number of carbonyl (C=O) groups excluding carboxylic acids is 2. The zero-order valence-corrected chi connectivity index (χ0v) is 25.9. The van der Waals surface area contributed by atoms with Gasteiger partial charge in [0.1, 0.15) is 0 Å². The largest absolute Gasteiger partial charge is 0.343 e. The smallest absolute Gasteiger partial charge is 0.317 e. The summed E-state index contributed by atoms with van der Waals surface area (Å²) in [6, 6.07) is 21.8. The lowest BCUT2D eigenvalue weighted by atomic mass is 9.88. The monoisotopic (exact) mass is 572 g/mol. The van der Waals surface area contributed by atoms with E-state index in [1.807, 2.05) is 18.2 Å². The molecule has 228 valence electrons. The molecule has 0 radical (unpaired) electrons. The van der Waals surface area contributed by atoms with Crippen LogP contribution in [0.15, 0.2) is 60.7 Å². The molecule has 3 aliphatic rings. The maximum Gasteiger partial charge on any atom is 0.317 e. The fraction of sp³-hybridized carbons (Fsp3) is 0.611. The van der Waals surface area contributed by atoms with Crippen molar-refractivity contribution in [2.24, 2.45) is 11.8 Å². The van der Waals surface area contributed by atoms with Crippen LogP contribution in [0.1, 0.15) is 88.2 Å². The fourth-order valence-corrected chi connectivity index (χ4v) is 7.85. The first-order valence-corrected chi connectivity index (χ1v) is 16.7. The van der Waals surface area contributed by atoms with E-state index in [2.05, 4.69) is 76.5 Å². The summed E-state index contributed by atoms with van der Waals surface area (Å²) in [5.74, 6) is 1.63. The molecule has 3 fully saturated rings. The number of urea groups is 1. The fourth-order valence-electron chi connectivity index (χ4n) is 7.85. The summed E-state index contributed by atoms with van der Waals surface area (Å²) in [4.78, 5) is 33.5. The van der Waals surface area contributed by atoms with E-state index in [4.69, 9.17) is 0 Å². The van der Waals surface area contributed by atoms with Crippen LogP contribution in [-0.4, -0.2) is 71.9 Å². The first kappa shape index (κ1) is 30.6. The second kappa shape index (κ2) is 15.0. The molecule has 2 aromatic carbocycles. The van der Waals surface area contributed by atoms with Crippen molar-refractivity contribution < 1.29 is 9.59 Å². The zero-order valence-electron chi connectivity index (χ0n) is 25.9. The van der Waals surface area contributed by atoms with Gasteiger partial charge in [-0.3, -0.25) is 4.79 Å². The second-order valence-electron chi connectivity index (χ2n) is 13.1. The predicted octanol–water partition coefficient (Wildman–Crippen LogP) is 6.67. The standard InChI is InChI=1S/C36H52N4O2/c1-3-21-40(36(42)37-26-28-13-7-4-8-14-28)32-19-22-39(23-20-32)27-31-24-33(25-34(31)29-15-9-5-10-16-29)38(2)35(41)30-17-11-6-12-18-30/h4-5,7-10,13-16,30-34H,3,6,11-12,17-27H2,1-2H3,(H,37,42)/t31-,33?,34-/m1/s1. The number of carbonyl (C=O) groups is 2. The molecule has 1 saturated heterocycles. The summed E-state index contributed by atoms with van der Waals surface area (Å²) in [6.07, 6.45) is 11.0. The summed E-state index contributed by atoms with van der Waals surface area (Å²) in [7, 11) is 2.07. The molecule has 1 aliphatic heterocycles. The van der Waals surface area contributed by atoms with Crippen LogP contribution in [0.5, 0.6) is 0 Å². The third kappa shape index (κ3) is 7.75. The van der Waals surface area contributed by atoms with Crippen LogP contribution in [0, 0.1) is 11.8 Å². The van der Waals surface area contributed by atoms with Crippen molar-refractivity contribution in [1.29, 1.82) is 0 Å². The van der Waals surface area contributed by atoms with Gasteiger partial charge < -0.3 is 20.0 Å². The lowest BCUT2D eigenvalue weighted by Crippen LogP contribution is -2.51. The lowest BCUT2D eigenvalue weighted by Gasteiger charge is -2.40. The van der Waals surface area contributed by atoms with Gasteiger partial charge in [-0.15, -0.1) is 0 Å². The maximum absolute atomic E-state index is 13.4. The summed E-state index contributed by atoms with van der Waals surface area (Å²) < 4.78 is 0. The molecule has 1 N–H and O–H groups in total. The third-order valence-electron chi connectivity index (χ3n) is 10.2. The Morgan fingerprint density at radius 1 is 0.857 bits per heavy atom. The van der Waals surface area contributed by atoms with Gasteiger partial charge in [0, 0.05) is 57.8 Å². The van der Waals surface area contributed by atoms with Crippen LogP contribution < -0.4 is 5.32 Å². The zero-order chi connectivity index (χ0) is 29.3. The number of amides is 3. The Balaban J connectivity index is 1.18. The van der Waals surface area contributed by atoms with E-state index in [0.29, 0.717) is 30.3 Å². The summed E-state index contributed by atoms with van der Waals surface area (Å²) >= 11 is 0. The number of nitrogens with one attached hydrogen (secondary N) is 1. The van der Waals surface area contributed by atoms with Gasteiger partial charge in [0.05, 0.1) is 0 Å². The molecule has 42 heavy (non-hydrogen) atoms. The number of rotatable bonds is 10. The van der Waals surface area contributed by atoms with Gasteiger partial charge >= 0.3 is 6.03 Å². The van der Waals surface area contributed by atoms with E-state index in [-0.39, 0.29) is 18.0 Å². The highest BCUT2D eigenvalue weighted by molar-refractivity contribution is 5.79. The second-order valence-corrected chi connectivity index (χ2v) is 13.1. The Bertz CT molecular complexity index is 1110. The molecule has 2 aromatic rings. The molecule has 0 spiro atoms. The topological polar surface area (TPSA) is 55.9 Å². The van der Waals surface area contributed by atoms with Crippen molar-refractivity contribution in [2.45, 2.75) is 95.7 Å². The van der Waals surface area contributed by atoms with Gasteiger partial charge in [0.25, 0.3) is 0 Å². The Morgan fingerprint density at radius 2 is 1.52 bits per heavy atom. The highest BCUT2D eigenvalue weighted by Crippen LogP contribution is 2.43. The summed E-state index contributed by atoms with van der Waals surface area (Å²) in [5, 5.41) is 3.16. The molecular formula is C36H52N4O2. The van der Waals surface area contributed by atoms with E-state index >= 15 is 0 Å². The minimum Gasteiger partial charge on any atom is -0.343 e. The van der Waals surface area contributed by atoms with Gasteiger partial charge in [0.15, 0.2) is 0 Å². The van der Waals surface area contributed by atoms with Crippen molar-refractivity contribution in [3.8, 4) is 0 Å². The van der Waals surface area contributed by atoms with Crippen molar-refractivity contribution >= 4 is 11.9 Å². The quantitative estimate of drug-likeness (QED) is 0.346. The van der Waals surface area contributed by atoms with Gasteiger partial charge in [-0.2, -0.15) is 0 Å². The first-order valence-electron chi connectivity index (χ1n) is 16.7. The predicted molar refractivity (Wildman–Crippen MR) is 170 cm³/mol. The SMILES string of the molecule is CCCN(C(=O)NCc1ccccc1)C1CCN(C[C@H]2CC(N(C)C(=O)C3CCCCC3)C[C@@H]2c2ccccc2)CC1. The Labute approximate surface area is 253 Å². The van der Waals surface area contributed by atoms with Crippen molar-refractivity contribution in [1.82, 2.24) is 20.0 Å². The number of piperidine rings is 1. The molecule has 2 saturated carbocycles. The van der Waals surface area contributed by atoms with Gasteiger partial charge in [-0.05, 0) is 67.9 Å². The number of hydrogen-bond acceptors (Lipinski definition) is 3. The van der Waals surface area contributed by atoms with E-state index in [1.165, 1.54) is 24.8 Å². The minimum absolute atomic E-state index is 0.0626. The molecule has 0 aromatic heterocycles. The molecular weight excluding hydrogens is 520 g/mol. The van der Waals surface area contributed by atoms with E-state index in [9.17, 15) is 9.59 Å².